The molecule has 1 atom stereocenters. The third kappa shape index (κ3) is 6.66. The Hall–Kier alpha value is -4.16. The first-order valence-electron chi connectivity index (χ1n) is 14.2. The van der Waals surface area contributed by atoms with Gasteiger partial charge in [-0.05, 0) is 66.4 Å². The van der Waals surface area contributed by atoms with Crippen molar-refractivity contribution in [2.45, 2.75) is 53.2 Å². The molecule has 1 N–H and O–H groups in total. The van der Waals surface area contributed by atoms with Gasteiger partial charge in [-0.25, -0.2) is 4.98 Å². The monoisotopic (exact) mass is 582 g/mol. The van der Waals surface area contributed by atoms with Crippen LogP contribution in [0.4, 0.5) is 0 Å². The molecule has 42 heavy (non-hydrogen) atoms. The van der Waals surface area contributed by atoms with Crippen LogP contribution in [0.5, 0.6) is 5.75 Å². The molecule has 0 spiro atoms. The maximum atomic E-state index is 12.0. The van der Waals surface area contributed by atoms with Crippen LogP contribution in [0.2, 0.25) is 5.02 Å². The summed E-state index contributed by atoms with van der Waals surface area (Å²) in [6, 6.07) is 25.7. The van der Waals surface area contributed by atoms with Crippen molar-refractivity contribution in [3.63, 3.8) is 0 Å². The van der Waals surface area contributed by atoms with Gasteiger partial charge in [0.05, 0.1) is 17.1 Å². The lowest BCUT2D eigenvalue weighted by Crippen LogP contribution is -2.18. The van der Waals surface area contributed by atoms with Gasteiger partial charge in [-0.2, -0.15) is 0 Å². The van der Waals surface area contributed by atoms with Gasteiger partial charge in [0, 0.05) is 45.4 Å². The zero-order valence-electron chi connectivity index (χ0n) is 24.1. The van der Waals surface area contributed by atoms with Crippen LogP contribution in [0.25, 0.3) is 21.8 Å². The maximum Gasteiger partial charge on any atom is 0.306 e. The molecular weight excluding hydrogens is 548 g/mol. The summed E-state index contributed by atoms with van der Waals surface area (Å²) in [5.74, 6) is -0.718. The van der Waals surface area contributed by atoms with E-state index in [-0.39, 0.29) is 0 Å². The van der Waals surface area contributed by atoms with Gasteiger partial charge in [0.15, 0.2) is 0 Å². The highest BCUT2D eigenvalue weighted by molar-refractivity contribution is 6.30. The zero-order valence-corrected chi connectivity index (χ0v) is 24.9. The molecule has 2 aromatic heterocycles. The number of aryl methyl sites for hydroxylation is 1. The number of nitrogens with zero attached hydrogens (tertiary/aromatic N) is 2. The SMILES string of the molecule is CC(Cc1c(CCC(C)(C)C=O)c2cc(OCc3ccc4ccccc4n3)ccc2n1Cc1ccc(Cl)cc1)C(=O)O. The minimum absolute atomic E-state index is 0.318. The van der Waals surface area contributed by atoms with Crippen molar-refractivity contribution in [1.82, 2.24) is 9.55 Å². The first-order chi connectivity index (χ1) is 20.1. The molecule has 0 aliphatic heterocycles. The number of aliphatic carboxylic acids is 1. The highest BCUT2D eigenvalue weighted by atomic mass is 35.5. The number of pyridine rings is 1. The summed E-state index contributed by atoms with van der Waals surface area (Å²) in [6.07, 6.45) is 2.63. The van der Waals surface area contributed by atoms with Crippen LogP contribution in [-0.2, 0) is 35.6 Å². The number of hydrogen-bond donors (Lipinski definition) is 1. The molecular formula is C35H35ClN2O4. The molecule has 0 saturated carbocycles. The summed E-state index contributed by atoms with van der Waals surface area (Å²) >= 11 is 6.15. The molecule has 0 aliphatic rings. The standard InChI is InChI=1S/C35H35ClN2O4/c1-23(34(40)41)18-33-29(16-17-35(2,3)22-39)30-19-28(42-21-27-13-10-25-6-4-5-7-31(25)37-27)14-15-32(30)38(33)20-24-8-11-26(36)12-9-24/h4-15,19,22-23H,16-18,20-21H2,1-3H3,(H,40,41). The molecule has 5 aromatic rings. The molecule has 0 bridgehead atoms. The van der Waals surface area contributed by atoms with Crippen LogP contribution in [0, 0.1) is 11.3 Å². The van der Waals surface area contributed by atoms with Crippen LogP contribution in [0.3, 0.4) is 0 Å². The fraction of sp³-hybridized carbons (Fsp3) is 0.286. The van der Waals surface area contributed by atoms with Crippen molar-refractivity contribution >= 4 is 45.7 Å². The van der Waals surface area contributed by atoms with Gasteiger partial charge in [-0.3, -0.25) is 4.79 Å². The van der Waals surface area contributed by atoms with Crippen LogP contribution in [0.1, 0.15) is 49.7 Å². The van der Waals surface area contributed by atoms with Crippen LogP contribution in [0.15, 0.2) is 78.9 Å². The molecule has 0 fully saturated rings. The highest BCUT2D eigenvalue weighted by Gasteiger charge is 2.25. The number of hydrogen-bond acceptors (Lipinski definition) is 4. The van der Waals surface area contributed by atoms with Crippen molar-refractivity contribution in [2.75, 3.05) is 0 Å². The number of fused-ring (bicyclic) bond motifs is 2. The molecule has 0 amide bonds. The number of aromatic nitrogens is 2. The molecule has 7 heteroatoms. The van der Waals surface area contributed by atoms with E-state index in [1.54, 1.807) is 6.92 Å². The predicted octanol–water partition coefficient (Wildman–Crippen LogP) is 7.89. The van der Waals surface area contributed by atoms with Gasteiger partial charge >= 0.3 is 5.97 Å². The Bertz CT molecular complexity index is 1740. The van der Waals surface area contributed by atoms with Crippen molar-refractivity contribution in [3.05, 3.63) is 106 Å². The number of carboxylic acid groups (broad SMARTS) is 1. The van der Waals surface area contributed by atoms with Crippen molar-refractivity contribution < 1.29 is 19.4 Å². The molecule has 0 saturated heterocycles. The normalized spacial score (nSPS) is 12.5. The Labute approximate surface area is 250 Å². The first kappa shape index (κ1) is 29.3. The minimum Gasteiger partial charge on any atom is -0.487 e. The topological polar surface area (TPSA) is 81.4 Å². The van der Waals surface area contributed by atoms with Gasteiger partial charge in [0.25, 0.3) is 0 Å². The van der Waals surface area contributed by atoms with Gasteiger partial charge in [0.2, 0.25) is 0 Å². The van der Waals surface area contributed by atoms with Crippen molar-refractivity contribution in [1.29, 1.82) is 0 Å². The molecule has 0 aliphatic carbocycles. The summed E-state index contributed by atoms with van der Waals surface area (Å²) in [6.45, 7) is 6.47. The van der Waals surface area contributed by atoms with Gasteiger partial charge in [-0.15, -0.1) is 0 Å². The maximum absolute atomic E-state index is 12.0. The summed E-state index contributed by atoms with van der Waals surface area (Å²) in [5, 5.41) is 12.6. The van der Waals surface area contributed by atoms with Gasteiger partial charge < -0.3 is 19.2 Å². The van der Waals surface area contributed by atoms with Crippen LogP contribution >= 0.6 is 11.6 Å². The fourth-order valence-corrected chi connectivity index (χ4v) is 5.37. The number of rotatable bonds is 12. The quantitative estimate of drug-likeness (QED) is 0.151. The number of carboxylic acids is 1. The second kappa shape index (κ2) is 12.4. The highest BCUT2D eigenvalue weighted by Crippen LogP contribution is 2.35. The Balaban J connectivity index is 1.56. The number of aldehydes is 1. The summed E-state index contributed by atoms with van der Waals surface area (Å²) in [4.78, 5) is 28.5. The average Bonchev–Trinajstić information content (AvgIpc) is 3.26. The Morgan fingerprint density at radius 3 is 2.57 bits per heavy atom. The van der Waals surface area contributed by atoms with E-state index >= 15 is 0 Å². The van der Waals surface area contributed by atoms with Crippen LogP contribution in [-0.4, -0.2) is 26.9 Å². The summed E-state index contributed by atoms with van der Waals surface area (Å²) in [7, 11) is 0. The lowest BCUT2D eigenvalue weighted by molar-refractivity contribution is -0.141. The summed E-state index contributed by atoms with van der Waals surface area (Å²) in [5.41, 5.74) is 5.32. The molecule has 1 unspecified atom stereocenters. The lowest BCUT2D eigenvalue weighted by atomic mass is 9.86. The second-order valence-corrected chi connectivity index (χ2v) is 12.1. The van der Waals surface area contributed by atoms with Crippen LogP contribution < -0.4 is 4.74 Å². The smallest absolute Gasteiger partial charge is 0.306 e. The van der Waals surface area contributed by atoms with E-state index in [9.17, 15) is 14.7 Å². The Morgan fingerprint density at radius 1 is 1.07 bits per heavy atom. The Morgan fingerprint density at radius 2 is 1.83 bits per heavy atom. The molecule has 3 aromatic carbocycles. The van der Waals surface area contributed by atoms with Gasteiger partial charge in [0.1, 0.15) is 18.6 Å². The van der Waals surface area contributed by atoms with E-state index in [4.69, 9.17) is 21.3 Å². The van der Waals surface area contributed by atoms with E-state index in [1.165, 1.54) is 0 Å². The predicted molar refractivity (Wildman–Crippen MR) is 167 cm³/mol. The molecule has 0 radical (unpaired) electrons. The number of carbonyl (C=O) groups is 2. The van der Waals surface area contributed by atoms with Crippen molar-refractivity contribution in [3.8, 4) is 5.75 Å². The number of benzene rings is 3. The Kier molecular flexibility index (Phi) is 8.64. The van der Waals surface area contributed by atoms with E-state index in [0.29, 0.717) is 43.2 Å². The second-order valence-electron chi connectivity index (χ2n) is 11.7. The lowest BCUT2D eigenvalue weighted by Gasteiger charge is -2.18. The van der Waals surface area contributed by atoms with Gasteiger partial charge in [-0.1, -0.05) is 68.8 Å². The molecule has 2 heterocycles. The average molecular weight is 583 g/mol. The van der Waals surface area contributed by atoms with E-state index in [2.05, 4.69) is 4.57 Å². The van der Waals surface area contributed by atoms with E-state index < -0.39 is 17.3 Å². The third-order valence-corrected chi connectivity index (χ3v) is 8.07. The van der Waals surface area contributed by atoms with E-state index in [0.717, 1.165) is 50.6 Å². The number of ether oxygens (including phenoxy) is 1. The minimum atomic E-state index is -0.843. The number of para-hydroxylation sites is 1. The number of carbonyl (C=O) groups excluding carboxylic acids is 1. The molecule has 5 rings (SSSR count). The first-order valence-corrected chi connectivity index (χ1v) is 14.6. The molecule has 216 valence electrons. The third-order valence-electron chi connectivity index (χ3n) is 7.81. The number of halogens is 1. The summed E-state index contributed by atoms with van der Waals surface area (Å²) < 4.78 is 8.44. The molecule has 6 nitrogen and oxygen atoms in total. The zero-order chi connectivity index (χ0) is 29.9. The fourth-order valence-electron chi connectivity index (χ4n) is 5.24. The largest absolute Gasteiger partial charge is 0.487 e. The van der Waals surface area contributed by atoms with E-state index in [1.807, 2.05) is 92.7 Å². The van der Waals surface area contributed by atoms with Crippen molar-refractivity contribution in [2.24, 2.45) is 11.3 Å².